The van der Waals surface area contributed by atoms with Crippen LogP contribution in [-0.2, 0) is 0 Å². The Balaban J connectivity index is 1.95. The van der Waals surface area contributed by atoms with Crippen LogP contribution in [0.15, 0.2) is 41.2 Å². The number of pyridine rings is 1. The summed E-state index contributed by atoms with van der Waals surface area (Å²) in [6, 6.07) is 6.98. The van der Waals surface area contributed by atoms with E-state index in [1.54, 1.807) is 6.07 Å². The van der Waals surface area contributed by atoms with Crippen molar-refractivity contribution >= 4 is 16.6 Å². The Labute approximate surface area is 178 Å². The van der Waals surface area contributed by atoms with Gasteiger partial charge in [-0.1, -0.05) is 13.0 Å². The van der Waals surface area contributed by atoms with Crippen molar-refractivity contribution in [3.63, 3.8) is 0 Å². The van der Waals surface area contributed by atoms with Crippen LogP contribution in [0.25, 0.3) is 10.9 Å². The zero-order valence-electron chi connectivity index (χ0n) is 16.6. The number of nitrogens with zero attached hydrogens (tertiary/aromatic N) is 1. The number of H-pyrrole nitrogens is 1. The van der Waals surface area contributed by atoms with Crippen LogP contribution in [0.3, 0.4) is 0 Å². The van der Waals surface area contributed by atoms with E-state index in [0.717, 1.165) is 12.1 Å². The number of aromatic hydroxyl groups is 1. The molecule has 3 atom stereocenters. The molecule has 0 fully saturated rings. The van der Waals surface area contributed by atoms with Gasteiger partial charge in [-0.15, -0.1) is 0 Å². The number of aliphatic hydroxyl groups is 1. The molecule has 3 aromatic rings. The van der Waals surface area contributed by atoms with E-state index in [4.69, 9.17) is 0 Å². The molecule has 0 saturated heterocycles. The molecule has 4 rings (SSSR count). The number of aromatic amines is 1. The van der Waals surface area contributed by atoms with Crippen LogP contribution in [0.2, 0.25) is 0 Å². The van der Waals surface area contributed by atoms with E-state index in [2.05, 4.69) is 10.3 Å². The van der Waals surface area contributed by atoms with E-state index in [-0.39, 0.29) is 33.3 Å². The van der Waals surface area contributed by atoms with Crippen LogP contribution in [-0.4, -0.2) is 27.0 Å². The molecule has 4 N–H and O–H groups in total. The number of alkyl halides is 3. The minimum atomic E-state index is -5.05. The number of anilines is 1. The molecular weight excluding hydrogens is 430 g/mol. The molecule has 32 heavy (non-hydrogen) atoms. The zero-order valence-corrected chi connectivity index (χ0v) is 16.6. The Hall–Kier alpha value is -3.58. The Morgan fingerprint density at radius 1 is 1.22 bits per heavy atom. The Kier molecular flexibility index (Phi) is 4.90. The standard InChI is InChI=1S/C22H17F4N3O3/c1-10-8-21(32,22(24,25)26)20(13-3-2-11(9-27)19(31)17(10)13)28-15-6-5-14(23)18-12(15)4-7-16(30)29-18/h2-7,10,20,28,31-32H,8H2,1H3,(H,29,30)/t10-,20+,21+/m1/s1. The largest absolute Gasteiger partial charge is 0.506 e. The van der Waals surface area contributed by atoms with Gasteiger partial charge >= 0.3 is 6.18 Å². The van der Waals surface area contributed by atoms with Crippen LogP contribution < -0.4 is 10.9 Å². The summed E-state index contributed by atoms with van der Waals surface area (Å²) in [5.74, 6) is -2.13. The second kappa shape index (κ2) is 7.24. The number of hydrogen-bond acceptors (Lipinski definition) is 5. The molecule has 166 valence electrons. The summed E-state index contributed by atoms with van der Waals surface area (Å²) < 4.78 is 56.5. The number of rotatable bonds is 2. The number of phenols is 1. The van der Waals surface area contributed by atoms with Crippen molar-refractivity contribution in [3.8, 4) is 11.8 Å². The first-order valence-corrected chi connectivity index (χ1v) is 9.61. The third-order valence-corrected chi connectivity index (χ3v) is 5.90. The maximum absolute atomic E-state index is 14.2. The first kappa shape index (κ1) is 21.6. The summed E-state index contributed by atoms with van der Waals surface area (Å²) in [6.45, 7) is 1.42. The number of nitriles is 1. The van der Waals surface area contributed by atoms with Crippen molar-refractivity contribution in [2.75, 3.05) is 5.32 Å². The number of nitrogens with one attached hydrogen (secondary N) is 2. The van der Waals surface area contributed by atoms with Gasteiger partial charge < -0.3 is 20.5 Å². The van der Waals surface area contributed by atoms with E-state index in [1.807, 2.05) is 0 Å². The highest BCUT2D eigenvalue weighted by Crippen LogP contribution is 2.54. The summed E-state index contributed by atoms with van der Waals surface area (Å²) >= 11 is 0. The number of hydrogen-bond donors (Lipinski definition) is 4. The van der Waals surface area contributed by atoms with E-state index in [9.17, 15) is 37.8 Å². The summed E-state index contributed by atoms with van der Waals surface area (Å²) in [6.07, 6.45) is -5.83. The van der Waals surface area contributed by atoms with Gasteiger partial charge in [0, 0.05) is 22.7 Å². The average molecular weight is 447 g/mol. The predicted octanol–water partition coefficient (Wildman–Crippen LogP) is 4.20. The Morgan fingerprint density at radius 3 is 2.59 bits per heavy atom. The molecule has 0 amide bonds. The second-order valence-corrected chi connectivity index (χ2v) is 7.89. The molecule has 1 heterocycles. The molecule has 0 bridgehead atoms. The molecule has 2 aromatic carbocycles. The number of aromatic nitrogens is 1. The summed E-state index contributed by atoms with van der Waals surface area (Å²) in [5, 5.41) is 33.3. The quantitative estimate of drug-likeness (QED) is 0.441. The van der Waals surface area contributed by atoms with Crippen molar-refractivity contribution in [2.24, 2.45) is 0 Å². The van der Waals surface area contributed by atoms with Crippen LogP contribution in [0.4, 0.5) is 23.2 Å². The average Bonchev–Trinajstić information content (AvgIpc) is 2.71. The van der Waals surface area contributed by atoms with Crippen LogP contribution in [0, 0.1) is 17.1 Å². The van der Waals surface area contributed by atoms with Gasteiger partial charge in [0.1, 0.15) is 17.6 Å². The van der Waals surface area contributed by atoms with Crippen LogP contribution >= 0.6 is 0 Å². The zero-order chi connectivity index (χ0) is 23.4. The van der Waals surface area contributed by atoms with Crippen molar-refractivity contribution in [2.45, 2.75) is 37.1 Å². The highest BCUT2D eigenvalue weighted by Gasteiger charge is 2.62. The molecular formula is C22H17F4N3O3. The minimum absolute atomic E-state index is 0.0367. The summed E-state index contributed by atoms with van der Waals surface area (Å²) in [5.41, 5.74) is -4.01. The maximum atomic E-state index is 14.2. The van der Waals surface area contributed by atoms with Crippen molar-refractivity contribution in [1.29, 1.82) is 5.26 Å². The minimum Gasteiger partial charge on any atom is -0.506 e. The van der Waals surface area contributed by atoms with Gasteiger partial charge in [0.05, 0.1) is 17.1 Å². The lowest BCUT2D eigenvalue weighted by Crippen LogP contribution is -2.55. The second-order valence-electron chi connectivity index (χ2n) is 7.89. The Bertz CT molecular complexity index is 1330. The van der Waals surface area contributed by atoms with E-state index in [1.165, 1.54) is 31.2 Å². The molecule has 1 aromatic heterocycles. The smallest absolute Gasteiger partial charge is 0.419 e. The number of fused-ring (bicyclic) bond motifs is 2. The van der Waals surface area contributed by atoms with Crippen LogP contribution in [0.5, 0.6) is 5.75 Å². The number of phenolic OH excluding ortho intramolecular Hbond substituents is 1. The van der Waals surface area contributed by atoms with E-state index in [0.29, 0.717) is 0 Å². The molecule has 0 saturated carbocycles. The molecule has 10 heteroatoms. The topological polar surface area (TPSA) is 109 Å². The molecule has 1 aliphatic rings. The fourth-order valence-corrected chi connectivity index (χ4v) is 4.40. The fraction of sp³-hybridized carbons (Fsp3) is 0.273. The third kappa shape index (κ3) is 3.17. The van der Waals surface area contributed by atoms with Gasteiger partial charge in [-0.25, -0.2) is 4.39 Å². The first-order valence-electron chi connectivity index (χ1n) is 9.61. The van der Waals surface area contributed by atoms with Crippen molar-refractivity contribution in [1.82, 2.24) is 4.98 Å². The molecule has 0 aliphatic heterocycles. The number of halogens is 4. The molecule has 1 aliphatic carbocycles. The summed E-state index contributed by atoms with van der Waals surface area (Å²) in [7, 11) is 0. The molecule has 0 spiro atoms. The molecule has 6 nitrogen and oxygen atoms in total. The normalized spacial score (nSPS) is 22.9. The SMILES string of the molecule is C[C@@H]1C[C@@](O)(C(F)(F)F)[C@@H](Nc2ccc(F)c3[nH]c(=O)ccc23)c2ccc(C#N)c(O)c21. The molecule has 0 radical (unpaired) electrons. The van der Waals surface area contributed by atoms with Gasteiger partial charge in [0.25, 0.3) is 0 Å². The van der Waals surface area contributed by atoms with Gasteiger partial charge in [0.2, 0.25) is 5.56 Å². The molecule has 0 unspecified atom stereocenters. The van der Waals surface area contributed by atoms with Crippen molar-refractivity contribution in [3.05, 3.63) is 69.3 Å². The monoisotopic (exact) mass is 447 g/mol. The maximum Gasteiger partial charge on any atom is 0.419 e. The Morgan fingerprint density at radius 2 is 1.94 bits per heavy atom. The highest BCUT2D eigenvalue weighted by molar-refractivity contribution is 5.91. The first-order chi connectivity index (χ1) is 15.0. The van der Waals surface area contributed by atoms with E-state index >= 15 is 0 Å². The van der Waals surface area contributed by atoms with Gasteiger partial charge in [0.15, 0.2) is 5.60 Å². The summed E-state index contributed by atoms with van der Waals surface area (Å²) in [4.78, 5) is 13.9. The van der Waals surface area contributed by atoms with Crippen LogP contribution in [0.1, 0.15) is 42.0 Å². The predicted molar refractivity (Wildman–Crippen MR) is 108 cm³/mol. The third-order valence-electron chi connectivity index (χ3n) is 5.90. The van der Waals surface area contributed by atoms with Gasteiger partial charge in [-0.05, 0) is 42.2 Å². The lowest BCUT2D eigenvalue weighted by molar-refractivity contribution is -0.272. The van der Waals surface area contributed by atoms with Crippen molar-refractivity contribution < 1.29 is 27.8 Å². The fourth-order valence-electron chi connectivity index (χ4n) is 4.40. The highest BCUT2D eigenvalue weighted by atomic mass is 19.4. The van der Waals surface area contributed by atoms with E-state index < -0.39 is 47.3 Å². The lowest BCUT2D eigenvalue weighted by Gasteiger charge is -2.45. The lowest BCUT2D eigenvalue weighted by atomic mass is 9.70. The van der Waals surface area contributed by atoms with Gasteiger partial charge in [-0.2, -0.15) is 18.4 Å². The van der Waals surface area contributed by atoms with Gasteiger partial charge in [-0.3, -0.25) is 4.79 Å². The number of benzene rings is 2.